The van der Waals surface area contributed by atoms with Crippen LogP contribution < -0.4 is 15.9 Å². The zero-order valence-corrected chi connectivity index (χ0v) is 10.1. The smallest absolute Gasteiger partial charge is 0.384 e. The molecular formula is C9H8F3N5OS. The molecule has 0 saturated heterocycles. The molecule has 4 N–H and O–H groups in total. The van der Waals surface area contributed by atoms with Gasteiger partial charge in [0.1, 0.15) is 11.6 Å². The minimum Gasteiger partial charge on any atom is -0.384 e. The molecule has 10 heteroatoms. The van der Waals surface area contributed by atoms with Crippen molar-refractivity contribution in [2.75, 3.05) is 11.1 Å². The van der Waals surface area contributed by atoms with Crippen LogP contribution in [0.5, 0.6) is 0 Å². The Bertz CT molecular complexity index is 635. The van der Waals surface area contributed by atoms with Gasteiger partial charge in [0.25, 0.3) is 0 Å². The molecule has 0 fully saturated rings. The highest BCUT2D eigenvalue weighted by atomic mass is 32.1. The third-order valence-electron chi connectivity index (χ3n) is 2.03. The van der Waals surface area contributed by atoms with E-state index in [1.54, 1.807) is 5.38 Å². The third-order valence-corrected chi connectivity index (χ3v) is 2.75. The van der Waals surface area contributed by atoms with Gasteiger partial charge in [0.05, 0.1) is 6.54 Å². The van der Waals surface area contributed by atoms with Crippen LogP contribution in [0.1, 0.15) is 11.5 Å². The predicted octanol–water partition coefficient (Wildman–Crippen LogP) is 1.44. The molecule has 0 aliphatic heterocycles. The maximum absolute atomic E-state index is 12.5. The van der Waals surface area contributed by atoms with Crippen molar-refractivity contribution in [2.45, 2.75) is 12.7 Å². The lowest BCUT2D eigenvalue weighted by Gasteiger charge is -2.09. The Hall–Kier alpha value is -2.10. The molecule has 102 valence electrons. The van der Waals surface area contributed by atoms with Gasteiger partial charge in [-0.15, -0.1) is 0 Å². The van der Waals surface area contributed by atoms with Crippen LogP contribution in [0.2, 0.25) is 0 Å². The highest BCUT2D eigenvalue weighted by Gasteiger charge is 2.35. The van der Waals surface area contributed by atoms with Gasteiger partial charge in [-0.3, -0.25) is 4.79 Å². The molecule has 0 amide bonds. The second kappa shape index (κ2) is 4.88. The van der Waals surface area contributed by atoms with E-state index in [1.165, 1.54) is 6.07 Å². The molecular weight excluding hydrogens is 283 g/mol. The molecule has 0 saturated carbocycles. The molecule has 2 heterocycles. The van der Waals surface area contributed by atoms with E-state index in [-0.39, 0.29) is 23.1 Å². The van der Waals surface area contributed by atoms with E-state index in [0.29, 0.717) is 5.69 Å². The molecule has 0 aliphatic carbocycles. The summed E-state index contributed by atoms with van der Waals surface area (Å²) < 4.78 is 37.4. The SMILES string of the molecule is Nc1cc(NCc2csc(=O)[nH]2)nc(C(F)(F)F)n1. The van der Waals surface area contributed by atoms with Gasteiger partial charge in [0.2, 0.25) is 5.82 Å². The lowest BCUT2D eigenvalue weighted by atomic mass is 10.4. The third kappa shape index (κ3) is 3.44. The average Bonchev–Trinajstić information content (AvgIpc) is 2.71. The van der Waals surface area contributed by atoms with Crippen LogP contribution in [-0.4, -0.2) is 15.0 Å². The zero-order chi connectivity index (χ0) is 14.0. The van der Waals surface area contributed by atoms with Crippen LogP contribution in [0.3, 0.4) is 0 Å². The number of rotatable bonds is 3. The molecule has 0 atom stereocenters. The zero-order valence-electron chi connectivity index (χ0n) is 9.28. The monoisotopic (exact) mass is 291 g/mol. The Morgan fingerprint density at radius 3 is 2.74 bits per heavy atom. The number of nitrogens with zero attached hydrogens (tertiary/aromatic N) is 2. The van der Waals surface area contributed by atoms with Crippen molar-refractivity contribution in [3.8, 4) is 0 Å². The fourth-order valence-electron chi connectivity index (χ4n) is 1.27. The number of aromatic nitrogens is 3. The van der Waals surface area contributed by atoms with Gasteiger partial charge < -0.3 is 16.0 Å². The van der Waals surface area contributed by atoms with Gasteiger partial charge in [0.15, 0.2) is 0 Å². The fourth-order valence-corrected chi connectivity index (χ4v) is 1.85. The topological polar surface area (TPSA) is 96.7 Å². The van der Waals surface area contributed by atoms with Crippen LogP contribution in [0.4, 0.5) is 24.8 Å². The average molecular weight is 291 g/mol. The summed E-state index contributed by atoms with van der Waals surface area (Å²) in [4.78, 5) is 19.6. The number of nitrogens with one attached hydrogen (secondary N) is 2. The fraction of sp³-hybridized carbons (Fsp3) is 0.222. The van der Waals surface area contributed by atoms with Crippen molar-refractivity contribution in [1.82, 2.24) is 15.0 Å². The number of aromatic amines is 1. The summed E-state index contributed by atoms with van der Waals surface area (Å²) in [6.45, 7) is 0.131. The number of hydrogen-bond donors (Lipinski definition) is 3. The van der Waals surface area contributed by atoms with Crippen LogP contribution >= 0.6 is 11.3 Å². The van der Waals surface area contributed by atoms with Gasteiger partial charge in [0, 0.05) is 17.1 Å². The van der Waals surface area contributed by atoms with Crippen LogP contribution in [0.15, 0.2) is 16.2 Å². The number of halogens is 3. The van der Waals surface area contributed by atoms with E-state index in [9.17, 15) is 18.0 Å². The maximum Gasteiger partial charge on any atom is 0.451 e. The minimum absolute atomic E-state index is 0.0631. The summed E-state index contributed by atoms with van der Waals surface area (Å²) in [6.07, 6.45) is -4.66. The van der Waals surface area contributed by atoms with E-state index in [4.69, 9.17) is 5.73 Å². The molecule has 0 spiro atoms. The molecule has 0 aromatic carbocycles. The van der Waals surface area contributed by atoms with Crippen LogP contribution in [0, 0.1) is 0 Å². The molecule has 0 unspecified atom stereocenters. The van der Waals surface area contributed by atoms with Gasteiger partial charge in [-0.1, -0.05) is 11.3 Å². The number of nitrogens with two attached hydrogens (primary N) is 1. The molecule has 0 radical (unpaired) electrons. The van der Waals surface area contributed by atoms with Crippen LogP contribution in [-0.2, 0) is 12.7 Å². The Labute approximate surface area is 108 Å². The van der Waals surface area contributed by atoms with Crippen molar-refractivity contribution in [3.05, 3.63) is 32.6 Å². The molecule has 2 aromatic heterocycles. The molecule has 6 nitrogen and oxygen atoms in total. The van der Waals surface area contributed by atoms with E-state index in [0.717, 1.165) is 11.3 Å². The minimum atomic E-state index is -4.66. The largest absolute Gasteiger partial charge is 0.451 e. The maximum atomic E-state index is 12.5. The summed E-state index contributed by atoms with van der Waals surface area (Å²) in [5.41, 5.74) is 5.82. The molecule has 0 aliphatic rings. The Morgan fingerprint density at radius 2 is 2.16 bits per heavy atom. The summed E-state index contributed by atoms with van der Waals surface area (Å²) in [6, 6.07) is 1.18. The molecule has 2 rings (SSSR count). The molecule has 2 aromatic rings. The van der Waals surface area contributed by atoms with Gasteiger partial charge in [-0.05, 0) is 0 Å². The number of nitrogen functional groups attached to an aromatic ring is 1. The van der Waals surface area contributed by atoms with E-state index < -0.39 is 12.0 Å². The van der Waals surface area contributed by atoms with Crippen molar-refractivity contribution in [2.24, 2.45) is 0 Å². The Kier molecular flexibility index (Phi) is 3.42. The predicted molar refractivity (Wildman–Crippen MR) is 63.7 cm³/mol. The highest BCUT2D eigenvalue weighted by Crippen LogP contribution is 2.27. The van der Waals surface area contributed by atoms with E-state index in [1.807, 2.05) is 0 Å². The summed E-state index contributed by atoms with van der Waals surface area (Å²) in [7, 11) is 0. The first-order valence-corrected chi connectivity index (χ1v) is 5.85. The summed E-state index contributed by atoms with van der Waals surface area (Å²) in [5.74, 6) is -1.66. The second-order valence-electron chi connectivity index (χ2n) is 3.53. The van der Waals surface area contributed by atoms with E-state index >= 15 is 0 Å². The van der Waals surface area contributed by atoms with Crippen molar-refractivity contribution < 1.29 is 13.2 Å². The first-order chi connectivity index (χ1) is 8.84. The number of anilines is 2. The first kappa shape index (κ1) is 13.3. The Morgan fingerprint density at radius 1 is 1.42 bits per heavy atom. The lowest BCUT2D eigenvalue weighted by molar-refractivity contribution is -0.144. The van der Waals surface area contributed by atoms with Crippen molar-refractivity contribution in [1.29, 1.82) is 0 Å². The van der Waals surface area contributed by atoms with Gasteiger partial charge in [-0.2, -0.15) is 13.2 Å². The van der Waals surface area contributed by atoms with E-state index in [2.05, 4.69) is 20.3 Å². The van der Waals surface area contributed by atoms with Gasteiger partial charge in [-0.25, -0.2) is 9.97 Å². The second-order valence-corrected chi connectivity index (χ2v) is 4.37. The molecule has 0 bridgehead atoms. The standard InChI is InChI=1S/C9H8F3N5OS/c10-9(11,12)7-16-5(13)1-6(17-7)14-2-4-3-19-8(18)15-4/h1,3H,2H2,(H,15,18)(H3,13,14,16,17). The normalized spacial score (nSPS) is 11.5. The summed E-state index contributed by atoms with van der Waals surface area (Å²) >= 11 is 0.962. The Balaban J connectivity index is 2.16. The first-order valence-electron chi connectivity index (χ1n) is 4.97. The quantitative estimate of drug-likeness (QED) is 0.795. The summed E-state index contributed by atoms with van der Waals surface area (Å²) in [5, 5.41) is 4.19. The number of H-pyrrole nitrogens is 1. The highest BCUT2D eigenvalue weighted by molar-refractivity contribution is 7.07. The number of alkyl halides is 3. The van der Waals surface area contributed by atoms with Crippen molar-refractivity contribution in [3.63, 3.8) is 0 Å². The lowest BCUT2D eigenvalue weighted by Crippen LogP contribution is -2.14. The number of hydrogen-bond acceptors (Lipinski definition) is 6. The molecule has 19 heavy (non-hydrogen) atoms. The van der Waals surface area contributed by atoms with Crippen molar-refractivity contribution >= 4 is 23.0 Å². The number of thiazole rings is 1. The van der Waals surface area contributed by atoms with Gasteiger partial charge >= 0.3 is 11.0 Å². The van der Waals surface area contributed by atoms with Crippen LogP contribution in [0.25, 0.3) is 0 Å².